The third-order valence-electron chi connectivity index (χ3n) is 3.39. The van der Waals surface area contributed by atoms with Crippen LogP contribution in [-0.2, 0) is 9.53 Å². The van der Waals surface area contributed by atoms with Gasteiger partial charge in [0.05, 0.1) is 6.10 Å². The van der Waals surface area contributed by atoms with Gasteiger partial charge in [0.1, 0.15) is 0 Å². The Morgan fingerprint density at radius 3 is 3.00 bits per heavy atom. The van der Waals surface area contributed by atoms with E-state index >= 15 is 0 Å². The Labute approximate surface area is 97.1 Å². The summed E-state index contributed by atoms with van der Waals surface area (Å²) in [5, 5.41) is 6.31. The van der Waals surface area contributed by atoms with Crippen LogP contribution in [0.3, 0.4) is 0 Å². The van der Waals surface area contributed by atoms with Gasteiger partial charge in [-0.3, -0.25) is 4.79 Å². The Bertz CT molecular complexity index is 221. The maximum absolute atomic E-state index is 11.6. The summed E-state index contributed by atoms with van der Waals surface area (Å²) in [6.45, 7) is 2.82. The topological polar surface area (TPSA) is 50.4 Å². The molecule has 2 atom stereocenters. The van der Waals surface area contributed by atoms with Gasteiger partial charge in [-0.25, -0.2) is 0 Å². The molecular formula is C12H22N2O2. The minimum Gasteiger partial charge on any atom is -0.378 e. The fourth-order valence-corrected chi connectivity index (χ4v) is 2.40. The van der Waals surface area contributed by atoms with Crippen molar-refractivity contribution >= 4 is 5.91 Å². The van der Waals surface area contributed by atoms with Crippen molar-refractivity contribution in [2.24, 2.45) is 0 Å². The van der Waals surface area contributed by atoms with E-state index in [4.69, 9.17) is 4.74 Å². The first kappa shape index (κ1) is 11.9. The summed E-state index contributed by atoms with van der Waals surface area (Å²) in [4.78, 5) is 11.6. The zero-order valence-corrected chi connectivity index (χ0v) is 9.84. The Morgan fingerprint density at radius 2 is 2.31 bits per heavy atom. The summed E-state index contributed by atoms with van der Waals surface area (Å²) in [5.41, 5.74) is 0. The minimum absolute atomic E-state index is 0.183. The lowest BCUT2D eigenvalue weighted by Gasteiger charge is -2.22. The van der Waals surface area contributed by atoms with E-state index in [1.54, 1.807) is 0 Å². The van der Waals surface area contributed by atoms with E-state index in [1.165, 1.54) is 12.8 Å². The van der Waals surface area contributed by atoms with Crippen LogP contribution in [0, 0.1) is 0 Å². The molecule has 1 amide bonds. The Kier molecular flexibility index (Phi) is 4.60. The number of hydrogen-bond acceptors (Lipinski definition) is 3. The maximum Gasteiger partial charge on any atom is 0.220 e. The number of carbonyl (C=O) groups excluding carboxylic acids is 1. The average Bonchev–Trinajstić information content (AvgIpc) is 2.81. The standard InChI is InChI=1S/C12H22N2O2/c15-12(14-10-6-7-13-9-10)5-4-11-3-1-2-8-16-11/h10-11,13H,1-9H2,(H,14,15). The maximum atomic E-state index is 11.6. The Morgan fingerprint density at radius 1 is 1.38 bits per heavy atom. The monoisotopic (exact) mass is 226 g/mol. The van der Waals surface area contributed by atoms with E-state index in [-0.39, 0.29) is 5.91 Å². The van der Waals surface area contributed by atoms with Gasteiger partial charge in [0.2, 0.25) is 5.91 Å². The van der Waals surface area contributed by atoms with Crippen molar-refractivity contribution in [2.45, 2.75) is 50.7 Å². The van der Waals surface area contributed by atoms with Crippen LogP contribution in [0.25, 0.3) is 0 Å². The summed E-state index contributed by atoms with van der Waals surface area (Å²) < 4.78 is 5.61. The first-order chi connectivity index (χ1) is 7.84. The lowest BCUT2D eigenvalue weighted by Crippen LogP contribution is -2.36. The summed E-state index contributed by atoms with van der Waals surface area (Å²) in [5.74, 6) is 0.183. The summed E-state index contributed by atoms with van der Waals surface area (Å²) in [7, 11) is 0. The molecule has 4 nitrogen and oxygen atoms in total. The molecule has 0 aliphatic carbocycles. The molecule has 2 aliphatic heterocycles. The first-order valence-electron chi connectivity index (χ1n) is 6.46. The molecule has 2 unspecified atom stereocenters. The van der Waals surface area contributed by atoms with E-state index < -0.39 is 0 Å². The molecule has 0 aromatic carbocycles. The molecule has 2 rings (SSSR count). The molecule has 2 saturated heterocycles. The van der Waals surface area contributed by atoms with E-state index in [0.717, 1.165) is 39.0 Å². The third-order valence-corrected chi connectivity index (χ3v) is 3.39. The van der Waals surface area contributed by atoms with Gasteiger partial charge in [0, 0.05) is 25.6 Å². The lowest BCUT2D eigenvalue weighted by molar-refractivity contribution is -0.122. The molecule has 2 heterocycles. The minimum atomic E-state index is 0.183. The molecule has 2 aliphatic rings. The summed E-state index contributed by atoms with van der Waals surface area (Å²) in [6.07, 6.45) is 6.42. The van der Waals surface area contributed by atoms with Crippen molar-refractivity contribution in [1.82, 2.24) is 10.6 Å². The van der Waals surface area contributed by atoms with Crippen LogP contribution in [0.1, 0.15) is 38.5 Å². The quantitative estimate of drug-likeness (QED) is 0.746. The molecule has 0 aromatic rings. The van der Waals surface area contributed by atoms with Crippen LogP contribution in [0.15, 0.2) is 0 Å². The van der Waals surface area contributed by atoms with Crippen LogP contribution in [0.2, 0.25) is 0 Å². The van der Waals surface area contributed by atoms with Gasteiger partial charge in [0.15, 0.2) is 0 Å². The van der Waals surface area contributed by atoms with Gasteiger partial charge in [-0.15, -0.1) is 0 Å². The van der Waals surface area contributed by atoms with Crippen molar-refractivity contribution in [3.05, 3.63) is 0 Å². The van der Waals surface area contributed by atoms with Gasteiger partial charge in [-0.2, -0.15) is 0 Å². The van der Waals surface area contributed by atoms with Gasteiger partial charge in [0.25, 0.3) is 0 Å². The third kappa shape index (κ3) is 3.76. The predicted molar refractivity (Wildman–Crippen MR) is 62.2 cm³/mol. The predicted octanol–water partition coefficient (Wildman–Crippen LogP) is 0.814. The fourth-order valence-electron chi connectivity index (χ4n) is 2.40. The summed E-state index contributed by atoms with van der Waals surface area (Å²) in [6, 6.07) is 0.347. The second-order valence-corrected chi connectivity index (χ2v) is 4.78. The number of hydrogen-bond donors (Lipinski definition) is 2. The second kappa shape index (κ2) is 6.21. The zero-order chi connectivity index (χ0) is 11.2. The van der Waals surface area contributed by atoms with Crippen LogP contribution < -0.4 is 10.6 Å². The molecule has 0 aromatic heterocycles. The van der Waals surface area contributed by atoms with Gasteiger partial charge in [-0.1, -0.05) is 0 Å². The molecule has 0 bridgehead atoms. The molecule has 92 valence electrons. The number of nitrogens with one attached hydrogen (secondary N) is 2. The second-order valence-electron chi connectivity index (χ2n) is 4.78. The molecule has 16 heavy (non-hydrogen) atoms. The van der Waals surface area contributed by atoms with Crippen LogP contribution in [0.4, 0.5) is 0 Å². The van der Waals surface area contributed by atoms with Crippen molar-refractivity contribution in [1.29, 1.82) is 0 Å². The highest BCUT2D eigenvalue weighted by Crippen LogP contribution is 2.16. The highest BCUT2D eigenvalue weighted by atomic mass is 16.5. The number of ether oxygens (including phenoxy) is 1. The van der Waals surface area contributed by atoms with E-state index in [2.05, 4.69) is 10.6 Å². The average molecular weight is 226 g/mol. The molecular weight excluding hydrogens is 204 g/mol. The largest absolute Gasteiger partial charge is 0.378 e. The van der Waals surface area contributed by atoms with Crippen molar-refractivity contribution in [3.8, 4) is 0 Å². The smallest absolute Gasteiger partial charge is 0.220 e. The van der Waals surface area contributed by atoms with Crippen molar-refractivity contribution in [3.63, 3.8) is 0 Å². The normalized spacial score (nSPS) is 30.2. The van der Waals surface area contributed by atoms with E-state index in [1.807, 2.05) is 0 Å². The SMILES string of the molecule is O=C(CCC1CCCCO1)NC1CCNC1. The number of carbonyl (C=O) groups is 1. The molecule has 0 spiro atoms. The number of amides is 1. The number of rotatable bonds is 4. The molecule has 2 N–H and O–H groups in total. The van der Waals surface area contributed by atoms with Gasteiger partial charge >= 0.3 is 0 Å². The van der Waals surface area contributed by atoms with E-state index in [9.17, 15) is 4.79 Å². The fraction of sp³-hybridized carbons (Fsp3) is 0.917. The van der Waals surface area contributed by atoms with Gasteiger partial charge < -0.3 is 15.4 Å². The highest BCUT2D eigenvalue weighted by Gasteiger charge is 2.18. The summed E-state index contributed by atoms with van der Waals surface area (Å²) >= 11 is 0. The zero-order valence-electron chi connectivity index (χ0n) is 9.84. The molecule has 2 fully saturated rings. The highest BCUT2D eigenvalue weighted by molar-refractivity contribution is 5.76. The van der Waals surface area contributed by atoms with Gasteiger partial charge in [-0.05, 0) is 38.6 Å². The first-order valence-corrected chi connectivity index (χ1v) is 6.46. The lowest BCUT2D eigenvalue weighted by atomic mass is 10.0. The van der Waals surface area contributed by atoms with Crippen LogP contribution >= 0.6 is 0 Å². The van der Waals surface area contributed by atoms with Crippen LogP contribution in [0.5, 0.6) is 0 Å². The Hall–Kier alpha value is -0.610. The Balaban J connectivity index is 1.59. The molecule has 0 saturated carbocycles. The van der Waals surface area contributed by atoms with Crippen LogP contribution in [-0.4, -0.2) is 37.7 Å². The van der Waals surface area contributed by atoms with E-state index in [0.29, 0.717) is 18.6 Å². The molecule has 0 radical (unpaired) electrons. The molecule has 4 heteroatoms. The van der Waals surface area contributed by atoms with Crippen molar-refractivity contribution < 1.29 is 9.53 Å². The van der Waals surface area contributed by atoms with Crippen molar-refractivity contribution in [2.75, 3.05) is 19.7 Å².